The summed E-state index contributed by atoms with van der Waals surface area (Å²) in [6.07, 6.45) is 1.04. The van der Waals surface area contributed by atoms with Gasteiger partial charge in [0.25, 0.3) is 5.91 Å². The van der Waals surface area contributed by atoms with Crippen molar-refractivity contribution in [1.82, 2.24) is 20.3 Å². The number of hydrogen-bond donors (Lipinski definition) is 3. The van der Waals surface area contributed by atoms with Crippen molar-refractivity contribution in [3.63, 3.8) is 0 Å². The summed E-state index contributed by atoms with van der Waals surface area (Å²) in [5, 5.41) is 0.544. The van der Waals surface area contributed by atoms with E-state index in [1.54, 1.807) is 36.1 Å². The highest BCUT2D eigenvalue weighted by Crippen LogP contribution is 2.26. The van der Waals surface area contributed by atoms with Gasteiger partial charge in [-0.15, -0.1) is 0 Å². The second-order valence-electron chi connectivity index (χ2n) is 6.22. The number of halogens is 1. The molecule has 1 aromatic heterocycles. The normalized spacial score (nSPS) is 13.7. The molecule has 29 heavy (non-hydrogen) atoms. The first-order chi connectivity index (χ1) is 14.0. The molecule has 4 N–H and O–H groups in total. The summed E-state index contributed by atoms with van der Waals surface area (Å²) in [5.41, 5.74) is 12.2. The first-order valence-corrected chi connectivity index (χ1v) is 9.46. The number of carbonyl (C=O) groups is 2. The molecule has 11 heteroatoms. The Hall–Kier alpha value is -3.27. The van der Waals surface area contributed by atoms with Crippen LogP contribution in [0.1, 0.15) is 17.3 Å². The fourth-order valence-electron chi connectivity index (χ4n) is 2.84. The molecule has 10 nitrogen and oxygen atoms in total. The van der Waals surface area contributed by atoms with Gasteiger partial charge in [-0.1, -0.05) is 11.6 Å². The summed E-state index contributed by atoms with van der Waals surface area (Å²) in [6.45, 7) is 4.22. The van der Waals surface area contributed by atoms with E-state index >= 15 is 0 Å². The first kappa shape index (κ1) is 20.5. The molecule has 0 radical (unpaired) electrons. The molecule has 1 aromatic carbocycles. The van der Waals surface area contributed by atoms with Crippen molar-refractivity contribution < 1.29 is 14.3 Å². The maximum atomic E-state index is 12.2. The monoisotopic (exact) mass is 419 g/mol. The number of ether oxygens (including phenoxy) is 1. The molecule has 1 aliphatic rings. The molecule has 2 heterocycles. The maximum absolute atomic E-state index is 12.2. The van der Waals surface area contributed by atoms with Crippen molar-refractivity contribution in [2.75, 3.05) is 48.8 Å². The Kier molecular flexibility index (Phi) is 6.55. The van der Waals surface area contributed by atoms with Crippen LogP contribution in [0, 0.1) is 0 Å². The molecule has 0 bridgehead atoms. The minimum Gasteiger partial charge on any atom is -0.450 e. The van der Waals surface area contributed by atoms with Crippen LogP contribution >= 0.6 is 11.6 Å². The fourth-order valence-corrected chi connectivity index (χ4v) is 2.97. The summed E-state index contributed by atoms with van der Waals surface area (Å²) in [5.74, 6) is 0.459. The minimum atomic E-state index is -0.357. The number of carbonyl (C=O) groups excluding carboxylic acids is 2. The van der Waals surface area contributed by atoms with Crippen LogP contribution in [0.3, 0.4) is 0 Å². The quantitative estimate of drug-likeness (QED) is 0.626. The standard InChI is InChI=1S/C18H22ClN7O3/c1-2-29-18(28)26-9-7-25(8-10-26)16-14(20)15(21-11-22-16)23-24-17(27)12-3-5-13(19)6-4-12/h3-6,11H,2,7-10,20H2,1H3,(H,24,27)(H,21,22,23). The molecular formula is C18H22ClN7O3. The third kappa shape index (κ3) is 4.96. The predicted molar refractivity (Wildman–Crippen MR) is 110 cm³/mol. The number of amides is 2. The van der Waals surface area contributed by atoms with E-state index < -0.39 is 0 Å². The van der Waals surface area contributed by atoms with Crippen LogP contribution in [0.2, 0.25) is 5.02 Å². The average Bonchev–Trinajstić information content (AvgIpc) is 2.73. The third-order valence-electron chi connectivity index (χ3n) is 4.37. The van der Waals surface area contributed by atoms with Crippen LogP contribution in [0.15, 0.2) is 30.6 Å². The van der Waals surface area contributed by atoms with Gasteiger partial charge >= 0.3 is 6.09 Å². The van der Waals surface area contributed by atoms with E-state index in [-0.39, 0.29) is 17.8 Å². The Morgan fingerprint density at radius 2 is 1.86 bits per heavy atom. The highest BCUT2D eigenvalue weighted by atomic mass is 35.5. The molecule has 0 spiro atoms. The summed E-state index contributed by atoms with van der Waals surface area (Å²) in [6, 6.07) is 6.47. The van der Waals surface area contributed by atoms with E-state index in [1.807, 2.05) is 4.90 Å². The molecule has 2 aromatic rings. The largest absolute Gasteiger partial charge is 0.450 e. The van der Waals surface area contributed by atoms with E-state index in [1.165, 1.54) is 6.33 Å². The Labute approximate surface area is 173 Å². The minimum absolute atomic E-state index is 0.283. The molecule has 1 fully saturated rings. The number of anilines is 3. The van der Waals surface area contributed by atoms with Crippen molar-refractivity contribution in [3.8, 4) is 0 Å². The lowest BCUT2D eigenvalue weighted by molar-refractivity contribution is 0.0962. The molecule has 3 rings (SSSR count). The number of hydrogen-bond acceptors (Lipinski definition) is 8. The van der Waals surface area contributed by atoms with Gasteiger partial charge < -0.3 is 20.3 Å². The molecule has 2 amide bonds. The Morgan fingerprint density at radius 1 is 1.17 bits per heavy atom. The number of aromatic nitrogens is 2. The van der Waals surface area contributed by atoms with E-state index in [0.29, 0.717) is 54.9 Å². The smallest absolute Gasteiger partial charge is 0.409 e. The molecule has 1 aliphatic heterocycles. The zero-order valence-electron chi connectivity index (χ0n) is 15.9. The second kappa shape index (κ2) is 9.28. The summed E-state index contributed by atoms with van der Waals surface area (Å²) >= 11 is 5.83. The maximum Gasteiger partial charge on any atom is 0.409 e. The highest BCUT2D eigenvalue weighted by Gasteiger charge is 2.24. The van der Waals surface area contributed by atoms with Crippen LogP contribution in [0.5, 0.6) is 0 Å². The average molecular weight is 420 g/mol. The molecule has 154 valence electrons. The van der Waals surface area contributed by atoms with Gasteiger partial charge in [0, 0.05) is 36.8 Å². The lowest BCUT2D eigenvalue weighted by atomic mass is 10.2. The van der Waals surface area contributed by atoms with Crippen LogP contribution in [-0.4, -0.2) is 59.7 Å². The number of hydrazine groups is 1. The third-order valence-corrected chi connectivity index (χ3v) is 4.62. The van der Waals surface area contributed by atoms with Gasteiger partial charge in [0.2, 0.25) is 0 Å². The van der Waals surface area contributed by atoms with Crippen molar-refractivity contribution in [1.29, 1.82) is 0 Å². The zero-order valence-corrected chi connectivity index (χ0v) is 16.6. The Bertz CT molecular complexity index is 870. The van der Waals surface area contributed by atoms with E-state index in [9.17, 15) is 9.59 Å². The number of benzene rings is 1. The van der Waals surface area contributed by atoms with Crippen LogP contribution in [0.4, 0.5) is 22.1 Å². The van der Waals surface area contributed by atoms with Crippen molar-refractivity contribution in [2.24, 2.45) is 0 Å². The summed E-state index contributed by atoms with van der Waals surface area (Å²) in [4.78, 5) is 36.0. The van der Waals surface area contributed by atoms with Gasteiger partial charge in [-0.2, -0.15) is 0 Å². The van der Waals surface area contributed by atoms with E-state index in [0.717, 1.165) is 0 Å². The van der Waals surface area contributed by atoms with Gasteiger partial charge in [0.05, 0.1) is 6.61 Å². The van der Waals surface area contributed by atoms with Crippen LogP contribution in [-0.2, 0) is 4.74 Å². The van der Waals surface area contributed by atoms with Crippen molar-refractivity contribution in [3.05, 3.63) is 41.2 Å². The summed E-state index contributed by atoms with van der Waals surface area (Å²) < 4.78 is 5.02. The molecule has 1 saturated heterocycles. The van der Waals surface area contributed by atoms with Gasteiger partial charge in [0.1, 0.15) is 12.0 Å². The molecule has 0 saturated carbocycles. The second-order valence-corrected chi connectivity index (χ2v) is 6.66. The SMILES string of the molecule is CCOC(=O)N1CCN(c2ncnc(NNC(=O)c3ccc(Cl)cc3)c2N)CC1. The predicted octanol–water partition coefficient (Wildman–Crippen LogP) is 1.75. The fraction of sp³-hybridized carbons (Fsp3) is 0.333. The van der Waals surface area contributed by atoms with E-state index in [4.69, 9.17) is 22.1 Å². The summed E-state index contributed by atoms with van der Waals surface area (Å²) in [7, 11) is 0. The van der Waals surface area contributed by atoms with Gasteiger partial charge in [-0.3, -0.25) is 15.6 Å². The molecule has 0 unspecified atom stereocenters. The van der Waals surface area contributed by atoms with Crippen LogP contribution in [0.25, 0.3) is 0 Å². The molecule has 0 atom stereocenters. The Balaban J connectivity index is 1.62. The number of nitrogen functional groups attached to an aromatic ring is 1. The van der Waals surface area contributed by atoms with Gasteiger partial charge in [-0.05, 0) is 31.2 Å². The van der Waals surface area contributed by atoms with Crippen LogP contribution < -0.4 is 21.5 Å². The van der Waals surface area contributed by atoms with Crippen molar-refractivity contribution in [2.45, 2.75) is 6.92 Å². The number of nitrogens with two attached hydrogens (primary N) is 1. The number of nitrogens with one attached hydrogen (secondary N) is 2. The van der Waals surface area contributed by atoms with E-state index in [2.05, 4.69) is 20.8 Å². The number of piperazine rings is 1. The molecular weight excluding hydrogens is 398 g/mol. The van der Waals surface area contributed by atoms with Gasteiger partial charge in [-0.25, -0.2) is 14.8 Å². The number of rotatable bonds is 5. The first-order valence-electron chi connectivity index (χ1n) is 9.08. The topological polar surface area (TPSA) is 126 Å². The highest BCUT2D eigenvalue weighted by molar-refractivity contribution is 6.30. The lowest BCUT2D eigenvalue weighted by Crippen LogP contribution is -2.49. The Morgan fingerprint density at radius 3 is 2.52 bits per heavy atom. The lowest BCUT2D eigenvalue weighted by Gasteiger charge is -2.35. The number of nitrogens with zero attached hydrogens (tertiary/aromatic N) is 4. The van der Waals surface area contributed by atoms with Crippen molar-refractivity contribution >= 4 is 40.9 Å². The zero-order chi connectivity index (χ0) is 20.8. The van der Waals surface area contributed by atoms with Gasteiger partial charge in [0.15, 0.2) is 11.6 Å². The molecule has 0 aliphatic carbocycles.